The van der Waals surface area contributed by atoms with Crippen LogP contribution in [0.1, 0.15) is 37.8 Å². The normalized spacial score (nSPS) is 12.2. The fourth-order valence-electron chi connectivity index (χ4n) is 1.70. The van der Waals surface area contributed by atoms with E-state index in [9.17, 15) is 4.79 Å². The van der Waals surface area contributed by atoms with Gasteiger partial charge in [-0.05, 0) is 31.4 Å². The van der Waals surface area contributed by atoms with Crippen LogP contribution in [0, 0.1) is 0 Å². The van der Waals surface area contributed by atoms with Crippen LogP contribution in [0.25, 0.3) is 0 Å². The lowest BCUT2D eigenvalue weighted by Gasteiger charge is -2.11. The van der Waals surface area contributed by atoms with Crippen LogP contribution in [-0.4, -0.2) is 23.7 Å². The van der Waals surface area contributed by atoms with E-state index in [-0.39, 0.29) is 5.91 Å². The van der Waals surface area contributed by atoms with E-state index < -0.39 is 6.10 Å². The highest BCUT2D eigenvalue weighted by Crippen LogP contribution is 2.10. The van der Waals surface area contributed by atoms with Gasteiger partial charge in [-0.3, -0.25) is 4.79 Å². The van der Waals surface area contributed by atoms with E-state index >= 15 is 0 Å². The number of ether oxygens (including phenoxy) is 1. The van der Waals surface area contributed by atoms with Gasteiger partial charge in [-0.1, -0.05) is 24.3 Å². The minimum atomic E-state index is -0.434. The summed E-state index contributed by atoms with van der Waals surface area (Å²) in [6.07, 6.45) is 0.411. The molecule has 0 aromatic heterocycles. The second kappa shape index (κ2) is 8.67. The van der Waals surface area contributed by atoms with Crippen molar-refractivity contribution < 1.29 is 14.6 Å². The third-order valence-corrected chi connectivity index (χ3v) is 2.85. The number of benzene rings is 1. The van der Waals surface area contributed by atoms with E-state index in [1.165, 1.54) is 0 Å². The van der Waals surface area contributed by atoms with Crippen molar-refractivity contribution in [2.24, 2.45) is 0 Å². The lowest BCUT2D eigenvalue weighted by molar-refractivity contribution is -0.121. The molecule has 0 heterocycles. The van der Waals surface area contributed by atoms with Crippen LogP contribution in [0.5, 0.6) is 0 Å². The van der Waals surface area contributed by atoms with Gasteiger partial charge < -0.3 is 15.2 Å². The first-order valence-corrected chi connectivity index (χ1v) is 6.72. The quantitative estimate of drug-likeness (QED) is 0.756. The molecular formula is C15H23NO3. The second-order valence-corrected chi connectivity index (χ2v) is 4.57. The first kappa shape index (κ1) is 15.7. The number of aliphatic hydroxyl groups is 1. The van der Waals surface area contributed by atoms with E-state index in [0.717, 1.165) is 11.1 Å². The van der Waals surface area contributed by atoms with Crippen LogP contribution in [0.2, 0.25) is 0 Å². The molecule has 0 saturated carbocycles. The molecule has 1 rings (SSSR count). The van der Waals surface area contributed by atoms with Gasteiger partial charge >= 0.3 is 0 Å². The van der Waals surface area contributed by atoms with Crippen LogP contribution in [-0.2, 0) is 22.7 Å². The highest BCUT2D eigenvalue weighted by atomic mass is 16.5. The van der Waals surface area contributed by atoms with Gasteiger partial charge in [-0.25, -0.2) is 0 Å². The Morgan fingerprint density at radius 2 is 2.05 bits per heavy atom. The average molecular weight is 265 g/mol. The van der Waals surface area contributed by atoms with Crippen molar-refractivity contribution >= 4 is 5.91 Å². The summed E-state index contributed by atoms with van der Waals surface area (Å²) in [5.41, 5.74) is 2.17. The molecule has 1 aromatic rings. The Kier molecular flexibility index (Phi) is 7.15. The van der Waals surface area contributed by atoms with Crippen molar-refractivity contribution in [3.63, 3.8) is 0 Å². The maximum Gasteiger partial charge on any atom is 0.220 e. The average Bonchev–Trinajstić information content (AvgIpc) is 2.41. The smallest absolute Gasteiger partial charge is 0.220 e. The maximum atomic E-state index is 11.6. The summed E-state index contributed by atoms with van der Waals surface area (Å²) in [5, 5.41) is 12.0. The molecule has 0 radical (unpaired) electrons. The van der Waals surface area contributed by atoms with Crippen LogP contribution >= 0.6 is 0 Å². The fraction of sp³-hybridized carbons (Fsp3) is 0.533. The van der Waals surface area contributed by atoms with Gasteiger partial charge in [0, 0.05) is 19.6 Å². The zero-order chi connectivity index (χ0) is 14.1. The van der Waals surface area contributed by atoms with Crippen LogP contribution in [0.15, 0.2) is 24.3 Å². The molecule has 0 aliphatic heterocycles. The van der Waals surface area contributed by atoms with Gasteiger partial charge in [-0.2, -0.15) is 0 Å². The lowest BCUT2D eigenvalue weighted by atomic mass is 10.1. The van der Waals surface area contributed by atoms with E-state index in [0.29, 0.717) is 32.6 Å². The van der Waals surface area contributed by atoms with Crippen molar-refractivity contribution in [2.45, 2.75) is 45.9 Å². The van der Waals surface area contributed by atoms with E-state index in [1.54, 1.807) is 6.92 Å². The topological polar surface area (TPSA) is 58.6 Å². The Morgan fingerprint density at radius 1 is 1.37 bits per heavy atom. The molecule has 106 valence electrons. The molecule has 0 bridgehead atoms. The zero-order valence-electron chi connectivity index (χ0n) is 11.7. The first-order valence-electron chi connectivity index (χ1n) is 6.72. The van der Waals surface area contributed by atoms with Crippen molar-refractivity contribution in [3.05, 3.63) is 35.4 Å². The van der Waals surface area contributed by atoms with Crippen molar-refractivity contribution in [1.29, 1.82) is 0 Å². The number of amides is 1. The van der Waals surface area contributed by atoms with E-state index in [1.807, 2.05) is 31.2 Å². The fourth-order valence-corrected chi connectivity index (χ4v) is 1.70. The second-order valence-electron chi connectivity index (χ2n) is 4.57. The van der Waals surface area contributed by atoms with Crippen molar-refractivity contribution in [2.75, 3.05) is 6.61 Å². The molecule has 0 aliphatic rings. The minimum Gasteiger partial charge on any atom is -0.393 e. The first-order chi connectivity index (χ1) is 9.13. The molecule has 0 saturated heterocycles. The molecule has 1 unspecified atom stereocenters. The molecular weight excluding hydrogens is 242 g/mol. The predicted octanol–water partition coefficient (Wildman–Crippen LogP) is 2.00. The zero-order valence-corrected chi connectivity index (χ0v) is 11.7. The highest BCUT2D eigenvalue weighted by molar-refractivity contribution is 5.75. The van der Waals surface area contributed by atoms with E-state index in [2.05, 4.69) is 5.32 Å². The Morgan fingerprint density at radius 3 is 2.68 bits per heavy atom. The molecule has 4 heteroatoms. The minimum absolute atomic E-state index is 0.0351. The maximum absolute atomic E-state index is 11.6. The van der Waals surface area contributed by atoms with Gasteiger partial charge in [0.25, 0.3) is 0 Å². The summed E-state index contributed by atoms with van der Waals surface area (Å²) >= 11 is 0. The summed E-state index contributed by atoms with van der Waals surface area (Å²) in [6.45, 7) is 5.39. The predicted molar refractivity (Wildman–Crippen MR) is 74.5 cm³/mol. The van der Waals surface area contributed by atoms with Gasteiger partial charge in [0.05, 0.1) is 12.7 Å². The summed E-state index contributed by atoms with van der Waals surface area (Å²) in [6, 6.07) is 7.91. The number of hydrogen-bond donors (Lipinski definition) is 2. The summed E-state index contributed by atoms with van der Waals surface area (Å²) < 4.78 is 5.40. The monoisotopic (exact) mass is 265 g/mol. The lowest BCUT2D eigenvalue weighted by Crippen LogP contribution is -2.24. The number of aliphatic hydroxyl groups excluding tert-OH is 1. The Hall–Kier alpha value is -1.39. The number of nitrogens with one attached hydrogen (secondary N) is 1. The van der Waals surface area contributed by atoms with Gasteiger partial charge in [0.1, 0.15) is 0 Å². The van der Waals surface area contributed by atoms with Crippen molar-refractivity contribution in [3.8, 4) is 0 Å². The van der Waals surface area contributed by atoms with Crippen LogP contribution in [0.4, 0.5) is 0 Å². The number of carbonyl (C=O) groups is 1. The molecule has 2 N–H and O–H groups in total. The number of hydrogen-bond acceptors (Lipinski definition) is 3. The van der Waals surface area contributed by atoms with Crippen LogP contribution in [0.3, 0.4) is 0 Å². The molecule has 1 atom stereocenters. The largest absolute Gasteiger partial charge is 0.393 e. The molecule has 1 amide bonds. The molecule has 4 nitrogen and oxygen atoms in total. The van der Waals surface area contributed by atoms with E-state index in [4.69, 9.17) is 9.84 Å². The van der Waals surface area contributed by atoms with Gasteiger partial charge in [0.15, 0.2) is 0 Å². The van der Waals surface area contributed by atoms with Crippen molar-refractivity contribution in [1.82, 2.24) is 5.32 Å². The van der Waals surface area contributed by atoms with Gasteiger partial charge in [-0.15, -0.1) is 0 Å². The summed E-state index contributed by atoms with van der Waals surface area (Å²) in [7, 11) is 0. The third kappa shape index (κ3) is 6.36. The standard InChI is InChI=1S/C15H23NO3/c1-3-19-11-14-7-5-4-6-13(14)10-16-15(18)9-8-12(2)17/h4-7,12,17H,3,8-11H2,1-2H3,(H,16,18). The molecule has 19 heavy (non-hydrogen) atoms. The summed E-state index contributed by atoms with van der Waals surface area (Å²) in [5.74, 6) is -0.0351. The highest BCUT2D eigenvalue weighted by Gasteiger charge is 2.06. The Balaban J connectivity index is 2.45. The molecule has 0 fully saturated rings. The molecule has 0 aliphatic carbocycles. The van der Waals surface area contributed by atoms with Crippen LogP contribution < -0.4 is 5.32 Å². The molecule has 0 spiro atoms. The Bertz CT molecular complexity index is 391. The molecule has 1 aromatic carbocycles. The third-order valence-electron chi connectivity index (χ3n) is 2.85. The number of rotatable bonds is 8. The Labute approximate surface area is 114 Å². The summed E-state index contributed by atoms with van der Waals surface area (Å²) in [4.78, 5) is 11.6. The number of carbonyl (C=O) groups excluding carboxylic acids is 1. The van der Waals surface area contributed by atoms with Gasteiger partial charge in [0.2, 0.25) is 5.91 Å². The SMILES string of the molecule is CCOCc1ccccc1CNC(=O)CCC(C)O.